The number of fused-ring (bicyclic) bond motifs is 4. The fourth-order valence-electron chi connectivity index (χ4n) is 7.03. The van der Waals surface area contributed by atoms with Crippen molar-refractivity contribution in [2.75, 3.05) is 0 Å². The van der Waals surface area contributed by atoms with Gasteiger partial charge in [-0.2, -0.15) is 0 Å². The van der Waals surface area contributed by atoms with Gasteiger partial charge in [0.1, 0.15) is 0 Å². The van der Waals surface area contributed by atoms with Crippen LogP contribution in [0.1, 0.15) is 63.1 Å². The molecule has 0 N–H and O–H groups in total. The predicted octanol–water partition coefficient (Wildman–Crippen LogP) is 9.37. The summed E-state index contributed by atoms with van der Waals surface area (Å²) in [6, 6.07) is 30.0. The summed E-state index contributed by atoms with van der Waals surface area (Å²) in [5.74, 6) is -1.33. The van der Waals surface area contributed by atoms with E-state index in [9.17, 15) is 14.4 Å². The van der Waals surface area contributed by atoms with Gasteiger partial charge in [0.15, 0.2) is 17.0 Å². The molecular weight excluding hydrogens is 661 g/mol. The molecule has 8 heteroatoms. The van der Waals surface area contributed by atoms with Crippen LogP contribution in [0.3, 0.4) is 0 Å². The lowest BCUT2D eigenvalue weighted by molar-refractivity contribution is -0.149. The van der Waals surface area contributed by atoms with Crippen molar-refractivity contribution in [1.82, 2.24) is 0 Å². The maximum absolute atomic E-state index is 14.3. The van der Waals surface area contributed by atoms with Gasteiger partial charge in [-0.3, -0.25) is 4.79 Å². The number of hydrogen-bond acceptors (Lipinski definition) is 8. The Morgan fingerprint density at radius 2 is 1.12 bits per heavy atom. The van der Waals surface area contributed by atoms with Crippen molar-refractivity contribution in [3.63, 3.8) is 0 Å². The molecule has 3 heterocycles. The smallest absolute Gasteiger partial charge is 0.334 e. The molecule has 51 heavy (non-hydrogen) atoms. The molecule has 2 aromatic heterocycles. The summed E-state index contributed by atoms with van der Waals surface area (Å²) in [4.78, 5) is 42.6. The minimum absolute atomic E-state index is 0.195. The first-order valence-corrected chi connectivity index (χ1v) is 17.0. The summed E-state index contributed by atoms with van der Waals surface area (Å²) in [7, 11) is 0. The number of carbonyl (C=O) groups excluding carboxylic acids is 3. The van der Waals surface area contributed by atoms with Gasteiger partial charge in [-0.15, -0.1) is 0 Å². The molecule has 6 aromatic rings. The van der Waals surface area contributed by atoms with Crippen molar-refractivity contribution in [2.24, 2.45) is 0 Å². The second-order valence-electron chi connectivity index (χ2n) is 12.7. The van der Waals surface area contributed by atoms with E-state index in [4.69, 9.17) is 18.3 Å². The standard InChI is InChI=1S/C43H30O7S/c1-25(2)40(45)49-42(29-17-19-47-23-29)33-10-6-5-9-31(33)39(44)32-21-27(13-15-34(32)42)28-14-16-36-38(22-28)51-37-12-8-7-11-35(37)43(36,30-18-20-48-24-30)50-41(46)26(3)4/h5-24H,1,3H2,2,4H3. The summed E-state index contributed by atoms with van der Waals surface area (Å²) in [6.45, 7) is 10.9. The van der Waals surface area contributed by atoms with Crippen LogP contribution in [0.15, 0.2) is 165 Å². The Labute approximate surface area is 298 Å². The highest BCUT2D eigenvalue weighted by atomic mass is 32.2. The van der Waals surface area contributed by atoms with E-state index in [0.29, 0.717) is 33.4 Å². The molecule has 2 unspecified atom stereocenters. The van der Waals surface area contributed by atoms with E-state index in [0.717, 1.165) is 32.0 Å². The van der Waals surface area contributed by atoms with Gasteiger partial charge in [0.05, 0.1) is 25.1 Å². The SMILES string of the molecule is C=C(C)C(=O)OC1(c2ccoc2)c2ccccc2Sc2cc(-c3ccc4c(c3)C(=O)c3ccccc3C4(OC(=O)C(=C)C)c3ccoc3)ccc21. The minimum atomic E-state index is -1.46. The van der Waals surface area contributed by atoms with Gasteiger partial charge >= 0.3 is 11.9 Å². The molecule has 7 nitrogen and oxygen atoms in total. The Kier molecular flexibility index (Phi) is 7.58. The summed E-state index contributed by atoms with van der Waals surface area (Å²) in [5, 5.41) is 0. The van der Waals surface area contributed by atoms with Crippen LogP contribution in [0, 0.1) is 0 Å². The highest BCUT2D eigenvalue weighted by molar-refractivity contribution is 7.99. The lowest BCUT2D eigenvalue weighted by atomic mass is 9.70. The van der Waals surface area contributed by atoms with Crippen molar-refractivity contribution in [3.05, 3.63) is 191 Å². The molecule has 0 fully saturated rings. The van der Waals surface area contributed by atoms with Crippen LogP contribution in [0.2, 0.25) is 0 Å². The average Bonchev–Trinajstić information content (AvgIpc) is 3.89. The summed E-state index contributed by atoms with van der Waals surface area (Å²) in [5.41, 5.74) is 3.98. The molecule has 1 aliphatic heterocycles. The number of rotatable bonds is 7. The summed E-state index contributed by atoms with van der Waals surface area (Å²) in [6.07, 6.45) is 6.19. The third kappa shape index (κ3) is 4.86. The van der Waals surface area contributed by atoms with Gasteiger partial charge in [-0.05, 0) is 55.3 Å². The second kappa shape index (κ2) is 12.0. The van der Waals surface area contributed by atoms with E-state index in [1.807, 2.05) is 66.7 Å². The molecule has 250 valence electrons. The molecule has 4 aromatic carbocycles. The number of hydrogen-bond donors (Lipinski definition) is 0. The van der Waals surface area contributed by atoms with Crippen molar-refractivity contribution >= 4 is 29.5 Å². The van der Waals surface area contributed by atoms with Gasteiger partial charge in [-0.25, -0.2) is 9.59 Å². The molecule has 0 saturated carbocycles. The Balaban J connectivity index is 1.31. The number of benzene rings is 4. The number of esters is 2. The predicted molar refractivity (Wildman–Crippen MR) is 191 cm³/mol. The molecule has 1 aliphatic carbocycles. The van der Waals surface area contributed by atoms with Crippen LogP contribution in [-0.4, -0.2) is 17.7 Å². The maximum atomic E-state index is 14.3. The first-order chi connectivity index (χ1) is 24.6. The van der Waals surface area contributed by atoms with Crippen LogP contribution in [0.25, 0.3) is 11.1 Å². The van der Waals surface area contributed by atoms with Crippen molar-refractivity contribution in [3.8, 4) is 11.1 Å². The van der Waals surface area contributed by atoms with Crippen LogP contribution in [0.4, 0.5) is 0 Å². The topological polar surface area (TPSA) is 96.0 Å². The van der Waals surface area contributed by atoms with Crippen molar-refractivity contribution in [2.45, 2.75) is 34.8 Å². The highest BCUT2D eigenvalue weighted by Gasteiger charge is 2.50. The molecule has 0 bridgehead atoms. The van der Waals surface area contributed by atoms with E-state index in [1.54, 1.807) is 68.5 Å². The normalized spacial score (nSPS) is 18.4. The quantitative estimate of drug-likeness (QED) is 0.121. The van der Waals surface area contributed by atoms with Gasteiger partial charge < -0.3 is 18.3 Å². The lowest BCUT2D eigenvalue weighted by Crippen LogP contribution is -2.41. The van der Waals surface area contributed by atoms with Gasteiger partial charge in [0, 0.05) is 65.4 Å². The summed E-state index contributed by atoms with van der Waals surface area (Å²) < 4.78 is 23.8. The molecule has 0 spiro atoms. The Morgan fingerprint density at radius 3 is 1.73 bits per heavy atom. The molecule has 0 radical (unpaired) electrons. The third-order valence-electron chi connectivity index (χ3n) is 9.42. The van der Waals surface area contributed by atoms with Gasteiger partial charge in [-0.1, -0.05) is 91.6 Å². The zero-order valence-corrected chi connectivity index (χ0v) is 28.5. The van der Waals surface area contributed by atoms with E-state index < -0.39 is 23.1 Å². The lowest BCUT2D eigenvalue weighted by Gasteiger charge is -2.39. The first-order valence-electron chi connectivity index (χ1n) is 16.2. The van der Waals surface area contributed by atoms with Crippen molar-refractivity contribution in [1.29, 1.82) is 0 Å². The molecule has 2 aliphatic rings. The number of ether oxygens (including phenoxy) is 2. The Morgan fingerprint density at radius 1 is 0.608 bits per heavy atom. The Hall–Kier alpha value is -6.12. The minimum Gasteiger partial charge on any atom is -0.472 e. The van der Waals surface area contributed by atoms with E-state index in [-0.39, 0.29) is 16.9 Å². The molecule has 2 atom stereocenters. The number of furan rings is 2. The number of ketones is 1. The second-order valence-corrected chi connectivity index (χ2v) is 13.8. The zero-order valence-electron chi connectivity index (χ0n) is 27.7. The zero-order chi connectivity index (χ0) is 35.5. The molecule has 0 saturated heterocycles. The van der Waals surface area contributed by atoms with Crippen LogP contribution < -0.4 is 0 Å². The van der Waals surface area contributed by atoms with Crippen LogP contribution in [0.5, 0.6) is 0 Å². The van der Waals surface area contributed by atoms with Crippen LogP contribution in [-0.2, 0) is 30.3 Å². The van der Waals surface area contributed by atoms with Crippen LogP contribution >= 0.6 is 11.8 Å². The van der Waals surface area contributed by atoms with E-state index in [1.165, 1.54) is 12.5 Å². The average molecular weight is 691 g/mol. The van der Waals surface area contributed by atoms with E-state index in [2.05, 4.69) is 13.2 Å². The fourth-order valence-corrected chi connectivity index (χ4v) is 8.24. The molecule has 8 rings (SSSR count). The Bertz CT molecular complexity index is 2420. The molecular formula is C43H30O7S. The fraction of sp³-hybridized carbons (Fsp3) is 0.0930. The monoisotopic (exact) mass is 690 g/mol. The summed E-state index contributed by atoms with van der Waals surface area (Å²) >= 11 is 1.57. The van der Waals surface area contributed by atoms with Gasteiger partial charge in [0.2, 0.25) is 0 Å². The van der Waals surface area contributed by atoms with E-state index >= 15 is 0 Å². The third-order valence-corrected chi connectivity index (χ3v) is 10.6. The van der Waals surface area contributed by atoms with Gasteiger partial charge in [0.25, 0.3) is 0 Å². The maximum Gasteiger partial charge on any atom is 0.334 e. The largest absolute Gasteiger partial charge is 0.472 e. The highest BCUT2D eigenvalue weighted by Crippen LogP contribution is 2.55. The number of carbonyl (C=O) groups is 3. The van der Waals surface area contributed by atoms with Crippen molar-refractivity contribution < 1.29 is 32.7 Å². The first kappa shape index (κ1) is 32.1. The molecule has 0 amide bonds.